The van der Waals surface area contributed by atoms with Crippen LogP contribution in [0, 0.1) is 0 Å². The molecule has 25 heavy (non-hydrogen) atoms. The normalized spacial score (nSPS) is 14.8. The first-order chi connectivity index (χ1) is 12.0. The van der Waals surface area contributed by atoms with Crippen LogP contribution in [0.5, 0.6) is 0 Å². The third-order valence-electron chi connectivity index (χ3n) is 4.75. The number of amides is 2. The minimum Gasteiger partial charge on any atom is -0.372 e. The average Bonchev–Trinajstić information content (AvgIpc) is 2.63. The summed E-state index contributed by atoms with van der Waals surface area (Å²) in [7, 11) is 4.02. The van der Waals surface area contributed by atoms with E-state index < -0.39 is 0 Å². The second-order valence-corrected chi connectivity index (χ2v) is 6.70. The Morgan fingerprint density at radius 1 is 1.04 bits per heavy atom. The van der Waals surface area contributed by atoms with Crippen LogP contribution in [-0.2, 0) is 0 Å². The fourth-order valence-electron chi connectivity index (χ4n) is 3.13. The second kappa shape index (κ2) is 9.51. The van der Waals surface area contributed by atoms with Gasteiger partial charge in [0.05, 0.1) is 0 Å². The van der Waals surface area contributed by atoms with E-state index in [2.05, 4.69) is 58.1 Å². The maximum absolute atomic E-state index is 12.2. The summed E-state index contributed by atoms with van der Waals surface area (Å²) in [6.45, 7) is 11.3. The van der Waals surface area contributed by atoms with Gasteiger partial charge < -0.3 is 24.9 Å². The quantitative estimate of drug-likeness (QED) is 0.818. The molecule has 1 N–H and O–H groups in total. The van der Waals surface area contributed by atoms with Crippen LogP contribution >= 0.6 is 0 Å². The predicted octanol–water partition coefficient (Wildman–Crippen LogP) is 1.93. The Hall–Kier alpha value is -1.95. The van der Waals surface area contributed by atoms with Gasteiger partial charge in [-0.3, -0.25) is 0 Å². The van der Waals surface area contributed by atoms with E-state index in [1.807, 2.05) is 19.0 Å². The smallest absolute Gasteiger partial charge is 0.317 e. The van der Waals surface area contributed by atoms with Gasteiger partial charge in [0.25, 0.3) is 0 Å². The van der Waals surface area contributed by atoms with Crippen molar-refractivity contribution in [2.24, 2.45) is 0 Å². The van der Waals surface area contributed by atoms with Crippen molar-refractivity contribution < 1.29 is 4.79 Å². The lowest BCUT2D eigenvalue weighted by Gasteiger charge is -2.36. The van der Waals surface area contributed by atoms with Gasteiger partial charge in [-0.25, -0.2) is 4.79 Å². The fourth-order valence-corrected chi connectivity index (χ4v) is 3.13. The van der Waals surface area contributed by atoms with Crippen molar-refractivity contribution in [2.75, 3.05) is 76.3 Å². The van der Waals surface area contributed by atoms with Gasteiger partial charge in [-0.1, -0.05) is 0 Å². The summed E-state index contributed by atoms with van der Waals surface area (Å²) in [6.07, 6.45) is 0. The molecule has 0 atom stereocenters. The molecule has 0 aliphatic carbocycles. The molecule has 0 saturated carbocycles. The number of anilines is 2. The molecule has 2 rings (SSSR count). The largest absolute Gasteiger partial charge is 0.372 e. The topological polar surface area (TPSA) is 42.1 Å². The van der Waals surface area contributed by atoms with Gasteiger partial charge >= 0.3 is 6.03 Å². The standard InChI is InChI=1S/C19H33N5O/c1-5-22(6-2)17-7-9-18(10-8-17)23-13-15-24(16-14-23)19(25)20-11-12-21(3)4/h7-10H,5-6,11-16H2,1-4H3,(H,20,25). The van der Waals surface area contributed by atoms with Gasteiger partial charge in [0.2, 0.25) is 0 Å². The lowest BCUT2D eigenvalue weighted by Crippen LogP contribution is -2.52. The minimum absolute atomic E-state index is 0.0541. The van der Waals surface area contributed by atoms with E-state index in [4.69, 9.17) is 0 Å². The van der Waals surface area contributed by atoms with Crippen molar-refractivity contribution in [1.29, 1.82) is 0 Å². The zero-order chi connectivity index (χ0) is 18.2. The van der Waals surface area contributed by atoms with E-state index in [1.54, 1.807) is 0 Å². The number of carbonyl (C=O) groups is 1. The van der Waals surface area contributed by atoms with Crippen LogP contribution in [0.3, 0.4) is 0 Å². The highest BCUT2D eigenvalue weighted by Gasteiger charge is 2.21. The summed E-state index contributed by atoms with van der Waals surface area (Å²) in [5.41, 5.74) is 2.51. The molecule has 1 aromatic rings. The Morgan fingerprint density at radius 3 is 2.16 bits per heavy atom. The number of hydrogen-bond donors (Lipinski definition) is 1. The molecule has 1 fully saturated rings. The van der Waals surface area contributed by atoms with Crippen molar-refractivity contribution in [3.8, 4) is 0 Å². The maximum Gasteiger partial charge on any atom is 0.317 e. The molecule has 6 heteroatoms. The lowest BCUT2D eigenvalue weighted by atomic mass is 10.2. The Morgan fingerprint density at radius 2 is 1.64 bits per heavy atom. The van der Waals surface area contributed by atoms with Crippen molar-refractivity contribution in [1.82, 2.24) is 15.1 Å². The lowest BCUT2D eigenvalue weighted by molar-refractivity contribution is 0.193. The first-order valence-corrected chi connectivity index (χ1v) is 9.32. The number of nitrogens with one attached hydrogen (secondary N) is 1. The van der Waals surface area contributed by atoms with Crippen LogP contribution in [0.4, 0.5) is 16.2 Å². The van der Waals surface area contributed by atoms with Crippen LogP contribution in [0.2, 0.25) is 0 Å². The number of likely N-dealkylation sites (N-methyl/N-ethyl adjacent to an activating group) is 1. The summed E-state index contributed by atoms with van der Waals surface area (Å²) in [5.74, 6) is 0. The molecule has 1 aliphatic heterocycles. The summed E-state index contributed by atoms with van der Waals surface area (Å²) < 4.78 is 0. The van der Waals surface area contributed by atoms with E-state index in [0.717, 1.165) is 45.8 Å². The van der Waals surface area contributed by atoms with E-state index in [-0.39, 0.29) is 6.03 Å². The molecule has 0 spiro atoms. The van der Waals surface area contributed by atoms with Crippen LogP contribution in [0.25, 0.3) is 0 Å². The minimum atomic E-state index is 0.0541. The number of hydrogen-bond acceptors (Lipinski definition) is 4. The molecule has 0 unspecified atom stereocenters. The highest BCUT2D eigenvalue weighted by atomic mass is 16.2. The Kier molecular flexibility index (Phi) is 7.37. The Balaban J connectivity index is 1.82. The first-order valence-electron chi connectivity index (χ1n) is 9.32. The van der Waals surface area contributed by atoms with Gasteiger partial charge in [-0.05, 0) is 52.2 Å². The van der Waals surface area contributed by atoms with Crippen molar-refractivity contribution >= 4 is 17.4 Å². The molecule has 1 saturated heterocycles. The SMILES string of the molecule is CCN(CC)c1ccc(N2CCN(C(=O)NCCN(C)C)CC2)cc1. The number of carbonyl (C=O) groups excluding carboxylic acids is 1. The average molecular weight is 348 g/mol. The second-order valence-electron chi connectivity index (χ2n) is 6.70. The van der Waals surface area contributed by atoms with Gasteiger partial charge in [0.1, 0.15) is 0 Å². The molecule has 1 heterocycles. The number of rotatable bonds is 7. The zero-order valence-corrected chi connectivity index (χ0v) is 16.2. The summed E-state index contributed by atoms with van der Waals surface area (Å²) in [5, 5.41) is 2.99. The molecule has 0 aromatic heterocycles. The zero-order valence-electron chi connectivity index (χ0n) is 16.2. The number of piperazine rings is 1. The molecule has 1 aromatic carbocycles. The number of urea groups is 1. The number of nitrogens with zero attached hydrogens (tertiary/aromatic N) is 4. The summed E-state index contributed by atoms with van der Waals surface area (Å²) in [4.78, 5) is 20.9. The van der Waals surface area contributed by atoms with Gasteiger partial charge in [-0.2, -0.15) is 0 Å². The van der Waals surface area contributed by atoms with Gasteiger partial charge in [-0.15, -0.1) is 0 Å². The molecule has 0 bridgehead atoms. The third-order valence-corrected chi connectivity index (χ3v) is 4.75. The molecular weight excluding hydrogens is 314 g/mol. The molecule has 1 aliphatic rings. The summed E-state index contributed by atoms with van der Waals surface area (Å²) >= 11 is 0. The van der Waals surface area contributed by atoms with E-state index in [0.29, 0.717) is 6.54 Å². The Labute approximate surface area is 152 Å². The van der Waals surface area contributed by atoms with Gasteiger partial charge in [0.15, 0.2) is 0 Å². The third kappa shape index (κ3) is 5.53. The van der Waals surface area contributed by atoms with Gasteiger partial charge in [0, 0.05) is 63.7 Å². The van der Waals surface area contributed by atoms with Crippen molar-refractivity contribution in [3.05, 3.63) is 24.3 Å². The fraction of sp³-hybridized carbons (Fsp3) is 0.632. The van der Waals surface area contributed by atoms with E-state index >= 15 is 0 Å². The van der Waals surface area contributed by atoms with Crippen LogP contribution < -0.4 is 15.1 Å². The van der Waals surface area contributed by atoms with Crippen LogP contribution in [0.1, 0.15) is 13.8 Å². The Bertz CT molecular complexity index is 519. The monoisotopic (exact) mass is 347 g/mol. The molecule has 0 radical (unpaired) electrons. The number of benzene rings is 1. The summed E-state index contributed by atoms with van der Waals surface area (Å²) in [6, 6.07) is 8.84. The molecular formula is C19H33N5O. The molecule has 140 valence electrons. The first kappa shape index (κ1) is 19.4. The van der Waals surface area contributed by atoms with Crippen LogP contribution in [-0.4, -0.2) is 82.3 Å². The molecule has 6 nitrogen and oxygen atoms in total. The van der Waals surface area contributed by atoms with Crippen LogP contribution in [0.15, 0.2) is 24.3 Å². The predicted molar refractivity (Wildman–Crippen MR) is 106 cm³/mol. The maximum atomic E-state index is 12.2. The van der Waals surface area contributed by atoms with Crippen molar-refractivity contribution in [2.45, 2.75) is 13.8 Å². The van der Waals surface area contributed by atoms with Crippen molar-refractivity contribution in [3.63, 3.8) is 0 Å². The highest BCUT2D eigenvalue weighted by Crippen LogP contribution is 2.21. The van der Waals surface area contributed by atoms with E-state index in [1.165, 1.54) is 11.4 Å². The van der Waals surface area contributed by atoms with E-state index in [9.17, 15) is 4.79 Å². The highest BCUT2D eigenvalue weighted by molar-refractivity contribution is 5.74. The molecule has 2 amide bonds.